The monoisotopic (exact) mass is 217 g/mol. The van der Waals surface area contributed by atoms with Crippen molar-refractivity contribution in [3.8, 4) is 0 Å². The topological polar surface area (TPSA) is 37.8 Å². The second kappa shape index (κ2) is 5.32. The van der Waals surface area contributed by atoms with Crippen molar-refractivity contribution in [2.45, 2.75) is 13.1 Å². The van der Waals surface area contributed by atoms with Gasteiger partial charge in [0.2, 0.25) is 0 Å². The van der Waals surface area contributed by atoms with Gasteiger partial charge < -0.3 is 5.32 Å². The summed E-state index contributed by atoms with van der Waals surface area (Å²) in [6.45, 7) is 1.35. The lowest BCUT2D eigenvalue weighted by molar-refractivity contribution is 0.624. The lowest BCUT2D eigenvalue weighted by atomic mass is 10.2. The standard InChI is InChI=1S/C12H12FN3/c13-11-5-3-10(4-6-11)8-14-9-12-2-1-7-15-16-12/h1-7,14H,8-9H2. The predicted octanol–water partition coefficient (Wildman–Crippen LogP) is 1.91. The van der Waals surface area contributed by atoms with Crippen LogP contribution >= 0.6 is 0 Å². The number of aromatic nitrogens is 2. The van der Waals surface area contributed by atoms with Gasteiger partial charge in [0, 0.05) is 19.3 Å². The number of benzene rings is 1. The van der Waals surface area contributed by atoms with Gasteiger partial charge in [-0.05, 0) is 29.8 Å². The summed E-state index contributed by atoms with van der Waals surface area (Å²) in [5, 5.41) is 10.9. The molecule has 0 amide bonds. The summed E-state index contributed by atoms with van der Waals surface area (Å²) in [5.41, 5.74) is 1.94. The highest BCUT2D eigenvalue weighted by Crippen LogP contribution is 2.02. The fraction of sp³-hybridized carbons (Fsp3) is 0.167. The third kappa shape index (κ3) is 3.10. The van der Waals surface area contributed by atoms with E-state index in [1.165, 1.54) is 12.1 Å². The van der Waals surface area contributed by atoms with Gasteiger partial charge in [-0.25, -0.2) is 4.39 Å². The Morgan fingerprint density at radius 1 is 1.06 bits per heavy atom. The molecule has 0 atom stereocenters. The quantitative estimate of drug-likeness (QED) is 0.850. The Morgan fingerprint density at radius 2 is 1.88 bits per heavy atom. The van der Waals surface area contributed by atoms with E-state index in [0.29, 0.717) is 13.1 Å². The molecule has 16 heavy (non-hydrogen) atoms. The van der Waals surface area contributed by atoms with Gasteiger partial charge in [-0.1, -0.05) is 12.1 Å². The summed E-state index contributed by atoms with van der Waals surface area (Å²) in [6.07, 6.45) is 1.64. The van der Waals surface area contributed by atoms with Crippen LogP contribution in [0.5, 0.6) is 0 Å². The van der Waals surface area contributed by atoms with Crippen LogP contribution in [-0.2, 0) is 13.1 Å². The van der Waals surface area contributed by atoms with Gasteiger partial charge in [0.05, 0.1) is 5.69 Å². The molecular weight excluding hydrogens is 205 g/mol. The first-order chi connectivity index (χ1) is 7.84. The van der Waals surface area contributed by atoms with Crippen molar-refractivity contribution in [3.63, 3.8) is 0 Å². The average molecular weight is 217 g/mol. The number of nitrogens with zero attached hydrogens (tertiary/aromatic N) is 2. The van der Waals surface area contributed by atoms with Crippen LogP contribution in [0.1, 0.15) is 11.3 Å². The summed E-state index contributed by atoms with van der Waals surface area (Å²) >= 11 is 0. The third-order valence-corrected chi connectivity index (χ3v) is 2.18. The summed E-state index contributed by atoms with van der Waals surface area (Å²) < 4.78 is 12.6. The van der Waals surface area contributed by atoms with E-state index in [-0.39, 0.29) is 5.82 Å². The molecule has 0 spiro atoms. The van der Waals surface area contributed by atoms with Gasteiger partial charge in [0.15, 0.2) is 0 Å². The third-order valence-electron chi connectivity index (χ3n) is 2.18. The van der Waals surface area contributed by atoms with Crippen LogP contribution < -0.4 is 5.32 Å². The van der Waals surface area contributed by atoms with Crippen LogP contribution in [0.15, 0.2) is 42.6 Å². The molecule has 82 valence electrons. The van der Waals surface area contributed by atoms with Crippen LogP contribution in [0, 0.1) is 5.82 Å². The number of halogens is 1. The van der Waals surface area contributed by atoms with E-state index in [4.69, 9.17) is 0 Å². The van der Waals surface area contributed by atoms with Crippen molar-refractivity contribution in [1.82, 2.24) is 15.5 Å². The molecule has 0 fully saturated rings. The Kier molecular flexibility index (Phi) is 3.56. The molecule has 0 radical (unpaired) electrons. The summed E-state index contributed by atoms with van der Waals surface area (Å²) in [4.78, 5) is 0. The smallest absolute Gasteiger partial charge is 0.123 e. The fourth-order valence-electron chi connectivity index (χ4n) is 1.36. The number of hydrogen-bond acceptors (Lipinski definition) is 3. The van der Waals surface area contributed by atoms with E-state index in [1.807, 2.05) is 12.1 Å². The largest absolute Gasteiger partial charge is 0.307 e. The molecule has 3 nitrogen and oxygen atoms in total. The highest BCUT2D eigenvalue weighted by molar-refractivity contribution is 5.15. The van der Waals surface area contributed by atoms with Crippen molar-refractivity contribution < 1.29 is 4.39 Å². The van der Waals surface area contributed by atoms with E-state index in [9.17, 15) is 4.39 Å². The summed E-state index contributed by atoms with van der Waals surface area (Å²) in [7, 11) is 0. The van der Waals surface area contributed by atoms with Crippen molar-refractivity contribution in [2.24, 2.45) is 0 Å². The van der Waals surface area contributed by atoms with Crippen LogP contribution in [-0.4, -0.2) is 10.2 Å². The zero-order valence-corrected chi connectivity index (χ0v) is 8.73. The number of rotatable bonds is 4. The molecule has 0 aliphatic heterocycles. The highest BCUT2D eigenvalue weighted by Gasteiger charge is 1.95. The zero-order valence-electron chi connectivity index (χ0n) is 8.73. The van der Waals surface area contributed by atoms with E-state index in [1.54, 1.807) is 18.3 Å². The first-order valence-electron chi connectivity index (χ1n) is 5.06. The SMILES string of the molecule is Fc1ccc(CNCc2cccnn2)cc1. The van der Waals surface area contributed by atoms with E-state index in [0.717, 1.165) is 11.3 Å². The zero-order chi connectivity index (χ0) is 11.2. The molecule has 2 rings (SSSR count). The van der Waals surface area contributed by atoms with Crippen molar-refractivity contribution >= 4 is 0 Å². The predicted molar refractivity (Wildman–Crippen MR) is 59.0 cm³/mol. The number of nitrogens with one attached hydrogen (secondary N) is 1. The van der Waals surface area contributed by atoms with Crippen LogP contribution in [0.2, 0.25) is 0 Å². The molecule has 0 aliphatic rings. The average Bonchev–Trinajstić information content (AvgIpc) is 2.33. The van der Waals surface area contributed by atoms with Gasteiger partial charge in [-0.2, -0.15) is 10.2 Å². The summed E-state index contributed by atoms with van der Waals surface area (Å²) in [5.74, 6) is -0.210. The molecule has 0 aliphatic carbocycles. The molecule has 4 heteroatoms. The maximum Gasteiger partial charge on any atom is 0.123 e. The first kappa shape index (κ1) is 10.7. The van der Waals surface area contributed by atoms with Crippen LogP contribution in [0.4, 0.5) is 4.39 Å². The minimum absolute atomic E-state index is 0.210. The Hall–Kier alpha value is -1.81. The number of hydrogen-bond donors (Lipinski definition) is 1. The fourth-order valence-corrected chi connectivity index (χ4v) is 1.36. The van der Waals surface area contributed by atoms with Gasteiger partial charge >= 0.3 is 0 Å². The maximum absolute atomic E-state index is 12.6. The van der Waals surface area contributed by atoms with E-state index >= 15 is 0 Å². The molecule has 1 aromatic heterocycles. The lowest BCUT2D eigenvalue weighted by Crippen LogP contribution is -2.13. The molecule has 0 saturated carbocycles. The molecule has 0 saturated heterocycles. The Morgan fingerprint density at radius 3 is 2.56 bits per heavy atom. The molecule has 2 aromatic rings. The van der Waals surface area contributed by atoms with Crippen molar-refractivity contribution in [1.29, 1.82) is 0 Å². The molecule has 1 heterocycles. The van der Waals surface area contributed by atoms with Gasteiger partial charge in [-0.3, -0.25) is 0 Å². The Balaban J connectivity index is 1.82. The minimum atomic E-state index is -0.210. The Bertz CT molecular complexity index is 428. The van der Waals surface area contributed by atoms with Gasteiger partial charge in [0.1, 0.15) is 5.82 Å². The van der Waals surface area contributed by atoms with Gasteiger partial charge in [0.25, 0.3) is 0 Å². The second-order valence-electron chi connectivity index (χ2n) is 3.45. The van der Waals surface area contributed by atoms with Crippen LogP contribution in [0.3, 0.4) is 0 Å². The lowest BCUT2D eigenvalue weighted by Gasteiger charge is -2.03. The summed E-state index contributed by atoms with van der Waals surface area (Å²) in [6, 6.07) is 10.2. The molecule has 1 N–H and O–H groups in total. The second-order valence-corrected chi connectivity index (χ2v) is 3.45. The highest BCUT2D eigenvalue weighted by atomic mass is 19.1. The van der Waals surface area contributed by atoms with Crippen molar-refractivity contribution in [3.05, 3.63) is 59.7 Å². The molecule has 1 aromatic carbocycles. The minimum Gasteiger partial charge on any atom is -0.307 e. The molecule has 0 unspecified atom stereocenters. The van der Waals surface area contributed by atoms with E-state index in [2.05, 4.69) is 15.5 Å². The van der Waals surface area contributed by atoms with E-state index < -0.39 is 0 Å². The van der Waals surface area contributed by atoms with Crippen LogP contribution in [0.25, 0.3) is 0 Å². The van der Waals surface area contributed by atoms with Gasteiger partial charge in [-0.15, -0.1) is 0 Å². The van der Waals surface area contributed by atoms with Crippen molar-refractivity contribution in [2.75, 3.05) is 0 Å². The molecule has 0 bridgehead atoms. The Labute approximate surface area is 93.3 Å². The normalized spacial score (nSPS) is 10.3. The molecular formula is C12H12FN3. The first-order valence-corrected chi connectivity index (χ1v) is 5.06. The maximum atomic E-state index is 12.6.